The lowest BCUT2D eigenvalue weighted by molar-refractivity contribution is -0.00605. The lowest BCUT2D eigenvalue weighted by atomic mass is 9.92. The van der Waals surface area contributed by atoms with Crippen LogP contribution in [0.4, 0.5) is 14.5 Å². The number of nitrogens with two attached hydrogens (primary N) is 1. The van der Waals surface area contributed by atoms with Gasteiger partial charge < -0.3 is 5.73 Å². The second-order valence-corrected chi connectivity index (χ2v) is 5.13. The largest absolute Gasteiger partial charge is 0.396 e. The van der Waals surface area contributed by atoms with Gasteiger partial charge in [-0.05, 0) is 30.2 Å². The van der Waals surface area contributed by atoms with Crippen LogP contribution in [0.5, 0.6) is 0 Å². The van der Waals surface area contributed by atoms with Crippen LogP contribution in [0.25, 0.3) is 16.8 Å². The highest BCUT2D eigenvalue weighted by Gasteiger charge is 2.31. The van der Waals surface area contributed by atoms with E-state index in [0.29, 0.717) is 11.4 Å². The van der Waals surface area contributed by atoms with Crippen molar-refractivity contribution in [2.45, 2.75) is 25.2 Å². The van der Waals surface area contributed by atoms with E-state index < -0.39 is 5.92 Å². The Hall–Kier alpha value is -2.30. The van der Waals surface area contributed by atoms with E-state index in [4.69, 9.17) is 5.73 Å². The molecule has 1 aliphatic rings. The lowest BCUT2D eigenvalue weighted by Gasteiger charge is -2.22. The van der Waals surface area contributed by atoms with Gasteiger partial charge >= 0.3 is 0 Å². The van der Waals surface area contributed by atoms with Gasteiger partial charge in [-0.3, -0.25) is 9.97 Å². The highest BCUT2D eigenvalue weighted by Crippen LogP contribution is 2.38. The van der Waals surface area contributed by atoms with Gasteiger partial charge in [0.1, 0.15) is 0 Å². The molecule has 2 aromatic rings. The molecule has 0 radical (unpaired) electrons. The minimum absolute atomic E-state index is 0.159. The Bertz CT molecular complexity index is 681. The predicted octanol–water partition coefficient (Wildman–Crippen LogP) is 3.93. The number of alkyl halides is 2. The number of hydrogen-bond acceptors (Lipinski definition) is 3. The zero-order valence-corrected chi connectivity index (χ0v) is 11.4. The Kier molecular flexibility index (Phi) is 3.41. The smallest absolute Gasteiger partial charge is 0.251 e. The van der Waals surface area contributed by atoms with E-state index in [1.54, 1.807) is 24.5 Å². The Balaban J connectivity index is 2.00. The first kappa shape index (κ1) is 13.7. The Morgan fingerprint density at radius 2 is 1.95 bits per heavy atom. The van der Waals surface area contributed by atoms with Crippen molar-refractivity contribution in [3.63, 3.8) is 0 Å². The van der Waals surface area contributed by atoms with Crippen LogP contribution in [0.3, 0.4) is 0 Å². The number of rotatable bonds is 2. The molecular formula is C16H15F2N3. The summed E-state index contributed by atoms with van der Waals surface area (Å²) < 4.78 is 26.5. The molecule has 0 aliphatic heterocycles. The summed E-state index contributed by atoms with van der Waals surface area (Å²) in [6.45, 7) is 0. The zero-order chi connectivity index (χ0) is 14.9. The highest BCUT2D eigenvalue weighted by atomic mass is 19.3. The van der Waals surface area contributed by atoms with Gasteiger partial charge in [0.25, 0.3) is 5.92 Å². The third-order valence-electron chi connectivity index (χ3n) is 3.64. The van der Waals surface area contributed by atoms with Gasteiger partial charge in [-0.15, -0.1) is 0 Å². The third kappa shape index (κ3) is 2.77. The third-order valence-corrected chi connectivity index (χ3v) is 3.64. The summed E-state index contributed by atoms with van der Waals surface area (Å²) in [5.41, 5.74) is 9.58. The summed E-state index contributed by atoms with van der Waals surface area (Å²) in [5, 5.41) is 0. The minimum Gasteiger partial charge on any atom is -0.396 e. The summed E-state index contributed by atoms with van der Waals surface area (Å²) in [5.74, 6) is -2.61. The number of nitrogen functional groups attached to an aromatic ring is 1. The molecule has 21 heavy (non-hydrogen) atoms. The second-order valence-electron chi connectivity index (χ2n) is 5.13. The van der Waals surface area contributed by atoms with Gasteiger partial charge in [-0.2, -0.15) is 0 Å². The standard InChI is InChI=1S/C16H15F2N3/c17-16(18)7-4-11(5-8-16)15-14(19)12(6-10-21-15)13-3-1-2-9-20-13/h1-4,6,9-10H,5,7-8,19H2. The molecule has 3 nitrogen and oxygen atoms in total. The normalized spacial score (nSPS) is 17.3. The molecule has 5 heteroatoms. The van der Waals surface area contributed by atoms with Crippen molar-refractivity contribution in [2.75, 3.05) is 5.73 Å². The number of hydrogen-bond donors (Lipinski definition) is 1. The van der Waals surface area contributed by atoms with Gasteiger partial charge in [0.2, 0.25) is 0 Å². The van der Waals surface area contributed by atoms with Crippen molar-refractivity contribution in [3.05, 3.63) is 48.4 Å². The fraction of sp³-hybridized carbons (Fsp3) is 0.250. The first-order chi connectivity index (χ1) is 10.1. The van der Waals surface area contributed by atoms with Crippen LogP contribution in [-0.4, -0.2) is 15.9 Å². The van der Waals surface area contributed by atoms with E-state index >= 15 is 0 Å². The van der Waals surface area contributed by atoms with E-state index in [9.17, 15) is 8.78 Å². The number of anilines is 1. The van der Waals surface area contributed by atoms with Crippen molar-refractivity contribution in [1.82, 2.24) is 9.97 Å². The summed E-state index contributed by atoms with van der Waals surface area (Å²) in [4.78, 5) is 8.54. The molecule has 2 N–H and O–H groups in total. The molecule has 0 fully saturated rings. The first-order valence-electron chi connectivity index (χ1n) is 6.80. The monoisotopic (exact) mass is 287 g/mol. The molecule has 2 aromatic heterocycles. The summed E-state index contributed by atoms with van der Waals surface area (Å²) in [6.07, 6.45) is 4.75. The summed E-state index contributed by atoms with van der Waals surface area (Å²) in [7, 11) is 0. The molecule has 0 bridgehead atoms. The number of pyridine rings is 2. The van der Waals surface area contributed by atoms with Crippen LogP contribution in [0.2, 0.25) is 0 Å². The molecule has 0 atom stereocenters. The molecule has 3 rings (SSSR count). The molecule has 108 valence electrons. The van der Waals surface area contributed by atoms with Crippen molar-refractivity contribution < 1.29 is 8.78 Å². The maximum Gasteiger partial charge on any atom is 0.251 e. The molecule has 0 saturated carbocycles. The molecule has 2 heterocycles. The van der Waals surface area contributed by atoms with Crippen LogP contribution in [0.15, 0.2) is 42.7 Å². The van der Waals surface area contributed by atoms with Gasteiger partial charge in [0.15, 0.2) is 0 Å². The maximum atomic E-state index is 13.2. The van der Waals surface area contributed by atoms with Gasteiger partial charge in [0.05, 0.1) is 17.1 Å². The zero-order valence-electron chi connectivity index (χ0n) is 11.4. The molecular weight excluding hydrogens is 272 g/mol. The van der Waals surface area contributed by atoms with E-state index in [2.05, 4.69) is 9.97 Å². The van der Waals surface area contributed by atoms with Crippen molar-refractivity contribution in [3.8, 4) is 11.3 Å². The van der Waals surface area contributed by atoms with Crippen LogP contribution in [-0.2, 0) is 0 Å². The Labute approximate surface area is 121 Å². The highest BCUT2D eigenvalue weighted by molar-refractivity contribution is 5.83. The van der Waals surface area contributed by atoms with Crippen molar-refractivity contribution in [1.29, 1.82) is 0 Å². The second kappa shape index (κ2) is 5.24. The molecule has 0 aromatic carbocycles. The van der Waals surface area contributed by atoms with Crippen LogP contribution >= 0.6 is 0 Å². The number of aromatic nitrogens is 2. The van der Waals surface area contributed by atoms with E-state index in [1.165, 1.54) is 0 Å². The van der Waals surface area contributed by atoms with E-state index in [-0.39, 0.29) is 19.3 Å². The summed E-state index contributed by atoms with van der Waals surface area (Å²) in [6, 6.07) is 7.36. The van der Waals surface area contributed by atoms with Gasteiger partial charge in [-0.25, -0.2) is 8.78 Å². The fourth-order valence-corrected chi connectivity index (χ4v) is 2.48. The molecule has 1 aliphatic carbocycles. The average molecular weight is 287 g/mol. The average Bonchev–Trinajstić information content (AvgIpc) is 2.49. The Morgan fingerprint density at radius 3 is 2.62 bits per heavy atom. The maximum absolute atomic E-state index is 13.2. The van der Waals surface area contributed by atoms with E-state index in [0.717, 1.165) is 16.8 Å². The topological polar surface area (TPSA) is 51.8 Å². The molecule has 0 spiro atoms. The van der Waals surface area contributed by atoms with Crippen molar-refractivity contribution in [2.24, 2.45) is 0 Å². The quantitative estimate of drug-likeness (QED) is 0.910. The SMILES string of the molecule is Nc1c(-c2ccccn2)ccnc1C1=CCC(F)(F)CC1. The number of nitrogens with zero attached hydrogens (tertiary/aromatic N) is 2. The van der Waals surface area contributed by atoms with Crippen LogP contribution in [0.1, 0.15) is 25.0 Å². The predicted molar refractivity (Wildman–Crippen MR) is 78.7 cm³/mol. The summed E-state index contributed by atoms with van der Waals surface area (Å²) >= 11 is 0. The van der Waals surface area contributed by atoms with Gasteiger partial charge in [-0.1, -0.05) is 12.1 Å². The molecule has 0 saturated heterocycles. The Morgan fingerprint density at radius 1 is 1.10 bits per heavy atom. The lowest BCUT2D eigenvalue weighted by Crippen LogP contribution is -2.18. The number of allylic oxidation sites excluding steroid dienone is 2. The van der Waals surface area contributed by atoms with Gasteiger partial charge in [0, 0.05) is 30.8 Å². The fourth-order valence-electron chi connectivity index (χ4n) is 2.48. The molecule has 0 unspecified atom stereocenters. The number of halogens is 2. The molecule has 0 amide bonds. The van der Waals surface area contributed by atoms with Crippen LogP contribution in [0, 0.1) is 0 Å². The van der Waals surface area contributed by atoms with Crippen LogP contribution < -0.4 is 5.73 Å². The first-order valence-corrected chi connectivity index (χ1v) is 6.80. The van der Waals surface area contributed by atoms with E-state index in [1.807, 2.05) is 18.2 Å². The minimum atomic E-state index is -2.61. The van der Waals surface area contributed by atoms with Crippen molar-refractivity contribution >= 4 is 11.3 Å².